The van der Waals surface area contributed by atoms with E-state index in [1.165, 1.54) is 16.3 Å². The van der Waals surface area contributed by atoms with Gasteiger partial charge in [0.25, 0.3) is 0 Å². The number of hydrogen-bond acceptors (Lipinski definition) is 4. The molecular weight excluding hydrogens is 272 g/mol. The molecule has 0 aromatic rings. The second-order valence-corrected chi connectivity index (χ2v) is 6.72. The van der Waals surface area contributed by atoms with Gasteiger partial charge in [-0.25, -0.2) is 8.42 Å². The van der Waals surface area contributed by atoms with Gasteiger partial charge < -0.3 is 10.0 Å². The number of hydrogen-bond donors (Lipinski definition) is 1. The molecular formula is C11H20N2O5S. The third kappa shape index (κ3) is 4.46. The van der Waals surface area contributed by atoms with Gasteiger partial charge in [0.05, 0.1) is 12.7 Å². The molecule has 110 valence electrons. The van der Waals surface area contributed by atoms with Gasteiger partial charge in [0.15, 0.2) is 0 Å². The summed E-state index contributed by atoms with van der Waals surface area (Å²) in [6.07, 6.45) is 2.98. The first-order chi connectivity index (χ1) is 8.73. The van der Waals surface area contributed by atoms with Crippen LogP contribution in [0.2, 0.25) is 0 Å². The average molecular weight is 292 g/mol. The molecule has 1 aliphatic rings. The van der Waals surface area contributed by atoms with E-state index in [2.05, 4.69) is 0 Å². The van der Waals surface area contributed by atoms with E-state index in [1.54, 1.807) is 0 Å². The van der Waals surface area contributed by atoms with Gasteiger partial charge in [0.2, 0.25) is 15.9 Å². The number of carbonyl (C=O) groups excluding carboxylic acids is 1. The number of likely N-dealkylation sites (N-methyl/N-ethyl adjacent to an activating group) is 1. The number of carboxylic acid groups (broad SMARTS) is 1. The van der Waals surface area contributed by atoms with Gasteiger partial charge in [-0.05, 0) is 12.8 Å². The van der Waals surface area contributed by atoms with Crippen molar-refractivity contribution < 1.29 is 23.1 Å². The van der Waals surface area contributed by atoms with E-state index >= 15 is 0 Å². The Labute approximate surface area is 113 Å². The minimum absolute atomic E-state index is 0.0856. The normalized spacial score (nSPS) is 21.1. The molecule has 0 spiro atoms. The SMILES string of the molecule is CN(CCC(=O)O)C(=O)C1CCCCN1S(C)(=O)=O. The molecule has 1 heterocycles. The number of aliphatic carboxylic acids is 1. The molecule has 0 aliphatic carbocycles. The van der Waals surface area contributed by atoms with Gasteiger partial charge in [-0.1, -0.05) is 6.42 Å². The molecule has 0 aromatic heterocycles. The quantitative estimate of drug-likeness (QED) is 0.753. The molecule has 8 heteroatoms. The smallest absolute Gasteiger partial charge is 0.305 e. The van der Waals surface area contributed by atoms with Gasteiger partial charge >= 0.3 is 5.97 Å². The zero-order chi connectivity index (χ0) is 14.6. The average Bonchev–Trinajstić information content (AvgIpc) is 2.34. The molecule has 0 saturated carbocycles. The molecule has 0 radical (unpaired) electrons. The van der Waals surface area contributed by atoms with Crippen LogP contribution in [-0.2, 0) is 19.6 Å². The van der Waals surface area contributed by atoms with Crippen molar-refractivity contribution in [1.82, 2.24) is 9.21 Å². The van der Waals surface area contributed by atoms with Crippen molar-refractivity contribution in [2.75, 3.05) is 26.4 Å². The van der Waals surface area contributed by atoms with E-state index < -0.39 is 22.0 Å². The standard InChI is InChI=1S/C11H20N2O5S/c1-12(8-6-10(14)15)11(16)9-5-3-4-7-13(9)19(2,17)18/h9H,3-8H2,1-2H3,(H,14,15). The van der Waals surface area contributed by atoms with Crippen LogP contribution in [0.15, 0.2) is 0 Å². The third-order valence-electron chi connectivity index (χ3n) is 3.20. The van der Waals surface area contributed by atoms with E-state index in [0.717, 1.165) is 19.1 Å². The Morgan fingerprint density at radius 3 is 2.53 bits per heavy atom. The number of nitrogens with zero attached hydrogens (tertiary/aromatic N) is 2. The number of rotatable bonds is 5. The molecule has 19 heavy (non-hydrogen) atoms. The number of carboxylic acids is 1. The monoisotopic (exact) mass is 292 g/mol. The lowest BCUT2D eigenvalue weighted by Gasteiger charge is -2.34. The lowest BCUT2D eigenvalue weighted by atomic mass is 10.0. The predicted octanol–water partition coefficient (Wildman–Crippen LogP) is -0.266. The van der Waals surface area contributed by atoms with Gasteiger partial charge in [-0.2, -0.15) is 4.31 Å². The third-order valence-corrected chi connectivity index (χ3v) is 4.49. The summed E-state index contributed by atoms with van der Waals surface area (Å²) in [5.41, 5.74) is 0. The molecule has 1 fully saturated rings. The van der Waals surface area contributed by atoms with Crippen molar-refractivity contribution in [3.63, 3.8) is 0 Å². The first-order valence-corrected chi connectivity index (χ1v) is 8.02. The van der Waals surface area contributed by atoms with Crippen LogP contribution in [0.3, 0.4) is 0 Å². The van der Waals surface area contributed by atoms with Gasteiger partial charge in [-0.3, -0.25) is 9.59 Å². The number of carbonyl (C=O) groups is 2. The zero-order valence-electron chi connectivity index (χ0n) is 11.2. The second kappa shape index (κ2) is 6.33. The van der Waals surface area contributed by atoms with Crippen LogP contribution in [0, 0.1) is 0 Å². The molecule has 1 unspecified atom stereocenters. The zero-order valence-corrected chi connectivity index (χ0v) is 12.0. The molecule has 1 saturated heterocycles. The first kappa shape index (κ1) is 15.9. The van der Waals surface area contributed by atoms with Crippen molar-refractivity contribution >= 4 is 21.9 Å². The maximum Gasteiger partial charge on any atom is 0.305 e. The van der Waals surface area contributed by atoms with Crippen LogP contribution >= 0.6 is 0 Å². The van der Waals surface area contributed by atoms with E-state index in [-0.39, 0.29) is 18.9 Å². The Morgan fingerprint density at radius 1 is 1.37 bits per heavy atom. The van der Waals surface area contributed by atoms with Crippen molar-refractivity contribution in [2.45, 2.75) is 31.7 Å². The molecule has 1 amide bonds. The Kier molecular flexibility index (Phi) is 5.30. The Balaban J connectivity index is 2.74. The predicted molar refractivity (Wildman–Crippen MR) is 69.1 cm³/mol. The Morgan fingerprint density at radius 2 is 2.00 bits per heavy atom. The molecule has 0 aromatic carbocycles. The van der Waals surface area contributed by atoms with Crippen LogP contribution in [0.25, 0.3) is 0 Å². The van der Waals surface area contributed by atoms with Gasteiger partial charge in [0.1, 0.15) is 6.04 Å². The fourth-order valence-corrected chi connectivity index (χ4v) is 3.30. The van der Waals surface area contributed by atoms with E-state index in [9.17, 15) is 18.0 Å². The van der Waals surface area contributed by atoms with Crippen LogP contribution in [0.4, 0.5) is 0 Å². The van der Waals surface area contributed by atoms with Crippen molar-refractivity contribution in [3.05, 3.63) is 0 Å². The summed E-state index contributed by atoms with van der Waals surface area (Å²) in [7, 11) is -1.92. The van der Waals surface area contributed by atoms with Crippen molar-refractivity contribution in [3.8, 4) is 0 Å². The Hall–Kier alpha value is -1.15. The maximum absolute atomic E-state index is 12.2. The number of amides is 1. The van der Waals surface area contributed by atoms with Crippen molar-refractivity contribution in [1.29, 1.82) is 0 Å². The Bertz CT molecular complexity index is 448. The fourth-order valence-electron chi connectivity index (χ4n) is 2.18. The summed E-state index contributed by atoms with van der Waals surface area (Å²) in [5.74, 6) is -1.31. The van der Waals surface area contributed by atoms with Crippen molar-refractivity contribution in [2.24, 2.45) is 0 Å². The summed E-state index contributed by atoms with van der Waals surface area (Å²) >= 11 is 0. The minimum atomic E-state index is -3.42. The van der Waals surface area contributed by atoms with E-state index in [1.807, 2.05) is 0 Å². The lowest BCUT2D eigenvalue weighted by Crippen LogP contribution is -2.52. The number of sulfonamides is 1. The molecule has 0 bridgehead atoms. The molecule has 1 atom stereocenters. The minimum Gasteiger partial charge on any atom is -0.481 e. The highest BCUT2D eigenvalue weighted by atomic mass is 32.2. The van der Waals surface area contributed by atoms with Gasteiger partial charge in [-0.15, -0.1) is 0 Å². The molecule has 1 rings (SSSR count). The summed E-state index contributed by atoms with van der Waals surface area (Å²) in [6.45, 7) is 0.435. The first-order valence-electron chi connectivity index (χ1n) is 6.17. The number of piperidine rings is 1. The summed E-state index contributed by atoms with van der Waals surface area (Å²) in [6, 6.07) is -0.692. The van der Waals surface area contributed by atoms with E-state index in [0.29, 0.717) is 13.0 Å². The van der Waals surface area contributed by atoms with E-state index in [4.69, 9.17) is 5.11 Å². The highest BCUT2D eigenvalue weighted by Crippen LogP contribution is 2.21. The summed E-state index contributed by atoms with van der Waals surface area (Å²) < 4.78 is 24.5. The lowest BCUT2D eigenvalue weighted by molar-refractivity contribution is -0.139. The molecule has 7 nitrogen and oxygen atoms in total. The van der Waals surface area contributed by atoms with Crippen LogP contribution < -0.4 is 0 Å². The molecule has 1 N–H and O–H groups in total. The van der Waals surface area contributed by atoms with Crippen LogP contribution in [0.5, 0.6) is 0 Å². The largest absolute Gasteiger partial charge is 0.481 e. The second-order valence-electron chi connectivity index (χ2n) is 4.79. The van der Waals surface area contributed by atoms with Crippen LogP contribution in [0.1, 0.15) is 25.7 Å². The van der Waals surface area contributed by atoms with Gasteiger partial charge in [0, 0.05) is 20.1 Å². The highest BCUT2D eigenvalue weighted by molar-refractivity contribution is 7.88. The topological polar surface area (TPSA) is 95.0 Å². The maximum atomic E-state index is 12.2. The van der Waals surface area contributed by atoms with Crippen LogP contribution in [-0.4, -0.2) is 67.0 Å². The highest BCUT2D eigenvalue weighted by Gasteiger charge is 2.35. The molecule has 1 aliphatic heterocycles. The summed E-state index contributed by atoms with van der Waals surface area (Å²) in [5, 5.41) is 8.59. The summed E-state index contributed by atoms with van der Waals surface area (Å²) in [4.78, 5) is 24.0. The fraction of sp³-hybridized carbons (Fsp3) is 0.818.